The molecule has 0 saturated heterocycles. The predicted octanol–water partition coefficient (Wildman–Crippen LogP) is 1.06. The van der Waals surface area contributed by atoms with Crippen LogP contribution in [0.5, 0.6) is 0 Å². The van der Waals surface area contributed by atoms with Gasteiger partial charge in [-0.3, -0.25) is 0 Å². The van der Waals surface area contributed by atoms with Crippen molar-refractivity contribution in [2.75, 3.05) is 19.8 Å². The summed E-state index contributed by atoms with van der Waals surface area (Å²) in [5.41, 5.74) is 0. The Morgan fingerprint density at radius 3 is 2.64 bits per heavy atom. The zero-order valence-corrected chi connectivity index (χ0v) is 8.12. The van der Waals surface area contributed by atoms with E-state index < -0.39 is 0 Å². The van der Waals surface area contributed by atoms with Gasteiger partial charge in [-0.05, 0) is 12.7 Å². The highest BCUT2D eigenvalue weighted by molar-refractivity contribution is 7.99. The third-order valence-corrected chi connectivity index (χ3v) is 2.67. The van der Waals surface area contributed by atoms with Gasteiger partial charge in [0, 0.05) is 18.8 Å². The van der Waals surface area contributed by atoms with Crippen LogP contribution in [0, 0.1) is 0 Å². The van der Waals surface area contributed by atoms with Crippen LogP contribution in [0.3, 0.4) is 0 Å². The lowest BCUT2D eigenvalue weighted by Crippen LogP contribution is -2.36. The molecule has 3 nitrogen and oxygen atoms in total. The van der Waals surface area contributed by atoms with Crippen LogP contribution in [-0.2, 0) is 0 Å². The van der Waals surface area contributed by atoms with E-state index in [1.807, 2.05) is 0 Å². The maximum absolute atomic E-state index is 10.7. The van der Waals surface area contributed by atoms with Crippen molar-refractivity contribution in [2.45, 2.75) is 18.6 Å². The van der Waals surface area contributed by atoms with Gasteiger partial charge in [-0.15, -0.1) is 0 Å². The highest BCUT2D eigenvalue weighted by Crippen LogP contribution is 2.08. The van der Waals surface area contributed by atoms with E-state index in [2.05, 4.69) is 23.8 Å². The van der Waals surface area contributed by atoms with E-state index in [0.29, 0.717) is 5.25 Å². The quantitative estimate of drug-likeness (QED) is 0.672. The van der Waals surface area contributed by atoms with Gasteiger partial charge in [0.2, 0.25) is 0 Å². The van der Waals surface area contributed by atoms with Gasteiger partial charge in [0.1, 0.15) is 0 Å². The number of carbonyl (C=O) groups excluding carboxylic acids is 1. The van der Waals surface area contributed by atoms with Crippen LogP contribution >= 0.6 is 11.8 Å². The summed E-state index contributed by atoms with van der Waals surface area (Å²) < 4.78 is 0. The minimum atomic E-state index is -0.0995. The molecule has 0 aliphatic carbocycles. The highest BCUT2D eigenvalue weighted by Gasteiger charge is 2.04. The summed E-state index contributed by atoms with van der Waals surface area (Å²) in [4.78, 5) is 10.7. The van der Waals surface area contributed by atoms with Crippen molar-refractivity contribution in [3.05, 3.63) is 0 Å². The van der Waals surface area contributed by atoms with Gasteiger partial charge in [0.05, 0.1) is 0 Å². The highest BCUT2D eigenvalue weighted by atomic mass is 32.2. The van der Waals surface area contributed by atoms with Crippen LogP contribution in [0.2, 0.25) is 0 Å². The fraction of sp³-hybridized carbons (Fsp3) is 0.857. The monoisotopic (exact) mass is 176 g/mol. The summed E-state index contributed by atoms with van der Waals surface area (Å²) in [6, 6.07) is -0.0995. The molecule has 0 aliphatic heterocycles. The minimum absolute atomic E-state index is 0.0995. The Morgan fingerprint density at radius 1 is 1.64 bits per heavy atom. The van der Waals surface area contributed by atoms with Gasteiger partial charge in [-0.1, -0.05) is 6.92 Å². The second-order valence-electron chi connectivity index (χ2n) is 2.23. The number of rotatable bonds is 4. The first-order valence-corrected chi connectivity index (χ1v) is 5.01. The smallest absolute Gasteiger partial charge is 0.314 e. The summed E-state index contributed by atoms with van der Waals surface area (Å²) >= 11 is 1.78. The van der Waals surface area contributed by atoms with Gasteiger partial charge in [-0.2, -0.15) is 11.8 Å². The van der Waals surface area contributed by atoms with Crippen LogP contribution in [0.4, 0.5) is 4.79 Å². The van der Waals surface area contributed by atoms with E-state index >= 15 is 0 Å². The summed E-state index contributed by atoms with van der Waals surface area (Å²) in [6.07, 6.45) is 3.14. The number of hydrogen-bond donors (Lipinski definition) is 2. The largest absolute Gasteiger partial charge is 0.341 e. The Kier molecular flexibility index (Phi) is 6.12. The predicted molar refractivity (Wildman–Crippen MR) is 50.1 cm³/mol. The van der Waals surface area contributed by atoms with Crippen LogP contribution < -0.4 is 10.6 Å². The van der Waals surface area contributed by atoms with Gasteiger partial charge in [0.15, 0.2) is 0 Å². The molecule has 0 aromatic carbocycles. The van der Waals surface area contributed by atoms with Crippen LogP contribution in [0.25, 0.3) is 0 Å². The average molecular weight is 176 g/mol. The van der Waals surface area contributed by atoms with E-state index in [1.54, 1.807) is 18.8 Å². The van der Waals surface area contributed by atoms with Crippen LogP contribution in [-0.4, -0.2) is 31.1 Å². The lowest BCUT2D eigenvalue weighted by atomic mass is 10.3. The summed E-state index contributed by atoms with van der Waals surface area (Å²) in [5.74, 6) is 0. The molecule has 0 rings (SSSR count). The molecule has 0 radical (unpaired) electrons. The Labute approximate surface area is 72.3 Å². The molecule has 2 N–H and O–H groups in total. The van der Waals surface area contributed by atoms with Crippen molar-refractivity contribution < 1.29 is 4.79 Å². The lowest BCUT2D eigenvalue weighted by molar-refractivity contribution is 0.243. The lowest BCUT2D eigenvalue weighted by Gasteiger charge is -2.11. The second-order valence-corrected chi connectivity index (χ2v) is 3.36. The second kappa shape index (κ2) is 6.34. The number of thioether (sulfide) groups is 1. The topological polar surface area (TPSA) is 41.1 Å². The Bertz CT molecular complexity index is 115. The normalized spacial score (nSPS) is 12.3. The SMILES string of the molecule is CCC(CNC(=O)NC)SC. The van der Waals surface area contributed by atoms with Crippen molar-refractivity contribution in [1.82, 2.24) is 10.6 Å². The van der Waals surface area contributed by atoms with Crippen LogP contribution in [0.15, 0.2) is 0 Å². The Morgan fingerprint density at radius 2 is 2.27 bits per heavy atom. The van der Waals surface area contributed by atoms with Gasteiger partial charge in [0.25, 0.3) is 0 Å². The number of nitrogens with one attached hydrogen (secondary N) is 2. The first-order valence-electron chi connectivity index (χ1n) is 3.73. The molecule has 2 amide bonds. The van der Waals surface area contributed by atoms with Crippen molar-refractivity contribution in [3.63, 3.8) is 0 Å². The molecule has 1 unspecified atom stereocenters. The molecule has 0 aromatic heterocycles. The first kappa shape index (κ1) is 10.6. The third kappa shape index (κ3) is 4.95. The zero-order chi connectivity index (χ0) is 8.69. The first-order chi connectivity index (χ1) is 5.24. The molecule has 4 heteroatoms. The van der Waals surface area contributed by atoms with Gasteiger partial charge >= 0.3 is 6.03 Å². The van der Waals surface area contributed by atoms with Crippen molar-refractivity contribution in [2.24, 2.45) is 0 Å². The Hall–Kier alpha value is -0.380. The maximum atomic E-state index is 10.7. The molecule has 0 saturated carbocycles. The number of carbonyl (C=O) groups is 1. The maximum Gasteiger partial charge on any atom is 0.314 e. The molecule has 1 atom stereocenters. The molecule has 0 bridgehead atoms. The number of hydrogen-bond acceptors (Lipinski definition) is 2. The summed E-state index contributed by atoms with van der Waals surface area (Å²) in [7, 11) is 1.62. The van der Waals surface area contributed by atoms with Gasteiger partial charge < -0.3 is 10.6 Å². The summed E-state index contributed by atoms with van der Waals surface area (Å²) in [5, 5.41) is 5.81. The molecule has 66 valence electrons. The molecular weight excluding hydrogens is 160 g/mol. The molecule has 0 spiro atoms. The van der Waals surface area contributed by atoms with Crippen molar-refractivity contribution >= 4 is 17.8 Å². The zero-order valence-electron chi connectivity index (χ0n) is 7.31. The van der Waals surface area contributed by atoms with E-state index in [-0.39, 0.29) is 6.03 Å². The van der Waals surface area contributed by atoms with E-state index in [0.717, 1.165) is 13.0 Å². The summed E-state index contributed by atoms with van der Waals surface area (Å²) in [6.45, 7) is 2.87. The molecule has 11 heavy (non-hydrogen) atoms. The average Bonchev–Trinajstić information content (AvgIpc) is 2.06. The fourth-order valence-corrected chi connectivity index (χ4v) is 1.27. The van der Waals surface area contributed by atoms with Crippen molar-refractivity contribution in [1.29, 1.82) is 0 Å². The molecule has 0 aromatic rings. The molecule has 0 aliphatic rings. The number of amides is 2. The minimum Gasteiger partial charge on any atom is -0.341 e. The molecular formula is C7H16N2OS. The fourth-order valence-electron chi connectivity index (χ4n) is 0.689. The van der Waals surface area contributed by atoms with E-state index in [9.17, 15) is 4.79 Å². The Balaban J connectivity index is 3.42. The van der Waals surface area contributed by atoms with Crippen molar-refractivity contribution in [3.8, 4) is 0 Å². The van der Waals surface area contributed by atoms with E-state index in [4.69, 9.17) is 0 Å². The molecule has 0 heterocycles. The standard InChI is InChI=1S/C7H16N2OS/c1-4-6(11-3)5-9-7(10)8-2/h6H,4-5H2,1-3H3,(H2,8,9,10). The number of urea groups is 1. The third-order valence-electron chi connectivity index (χ3n) is 1.51. The van der Waals surface area contributed by atoms with E-state index in [1.165, 1.54) is 0 Å². The van der Waals surface area contributed by atoms with Gasteiger partial charge in [-0.25, -0.2) is 4.79 Å². The van der Waals surface area contributed by atoms with Crippen LogP contribution in [0.1, 0.15) is 13.3 Å². The molecule has 0 fully saturated rings.